The molecule has 21 heavy (non-hydrogen) atoms. The fraction of sp³-hybridized carbons (Fsp3) is 0.538. The Morgan fingerprint density at radius 1 is 1.33 bits per heavy atom. The lowest BCUT2D eigenvalue weighted by Gasteiger charge is -2.17. The zero-order valence-corrected chi connectivity index (χ0v) is 12.1. The van der Waals surface area contributed by atoms with Gasteiger partial charge in [-0.3, -0.25) is 4.79 Å². The van der Waals surface area contributed by atoms with E-state index in [4.69, 9.17) is 16.7 Å². The lowest BCUT2D eigenvalue weighted by Crippen LogP contribution is -2.43. The number of carbonyl (C=O) groups is 2. The monoisotopic (exact) mass is 310 g/mol. The van der Waals surface area contributed by atoms with E-state index in [1.165, 1.54) is 6.20 Å². The number of rotatable bonds is 4. The molecular formula is C13H15ClN4O3. The fourth-order valence-corrected chi connectivity index (χ4v) is 2.56. The molecule has 0 atom stereocenters. The van der Waals surface area contributed by atoms with Crippen LogP contribution in [0.25, 0.3) is 0 Å². The minimum absolute atomic E-state index is 0.0288. The number of aromatic nitrogens is 2. The van der Waals surface area contributed by atoms with Gasteiger partial charge in [0.15, 0.2) is 5.69 Å². The molecule has 1 aromatic heterocycles. The highest BCUT2D eigenvalue weighted by Gasteiger charge is 2.52. The minimum Gasteiger partial charge on any atom is -0.480 e. The summed E-state index contributed by atoms with van der Waals surface area (Å²) >= 11 is 5.97. The van der Waals surface area contributed by atoms with Gasteiger partial charge in [0, 0.05) is 13.1 Å². The zero-order valence-electron chi connectivity index (χ0n) is 11.3. The molecule has 8 heteroatoms. The molecule has 2 fully saturated rings. The van der Waals surface area contributed by atoms with Gasteiger partial charge in [-0.25, -0.2) is 14.8 Å². The maximum absolute atomic E-state index is 12.2. The summed E-state index contributed by atoms with van der Waals surface area (Å²) in [6.45, 7) is 1.70. The highest BCUT2D eigenvalue weighted by atomic mass is 35.5. The van der Waals surface area contributed by atoms with E-state index in [-0.39, 0.29) is 10.7 Å². The Bertz CT molecular complexity index is 597. The van der Waals surface area contributed by atoms with Gasteiger partial charge in [-0.2, -0.15) is 0 Å². The second kappa shape index (κ2) is 5.14. The van der Waals surface area contributed by atoms with Crippen molar-refractivity contribution in [2.45, 2.75) is 31.2 Å². The number of halogens is 1. The number of amides is 1. The lowest BCUT2D eigenvalue weighted by atomic mass is 10.2. The number of carbonyl (C=O) groups excluding carboxylic acids is 1. The molecule has 7 nitrogen and oxygen atoms in total. The molecule has 1 aliphatic carbocycles. The van der Waals surface area contributed by atoms with Crippen molar-refractivity contribution in [2.24, 2.45) is 0 Å². The average Bonchev–Trinajstić information content (AvgIpc) is 3.03. The fourth-order valence-electron chi connectivity index (χ4n) is 2.38. The van der Waals surface area contributed by atoms with E-state index < -0.39 is 17.4 Å². The van der Waals surface area contributed by atoms with Crippen LogP contribution in [0.1, 0.15) is 36.2 Å². The van der Waals surface area contributed by atoms with Gasteiger partial charge in [0.25, 0.3) is 5.91 Å². The Morgan fingerprint density at radius 3 is 2.57 bits per heavy atom. The van der Waals surface area contributed by atoms with Crippen molar-refractivity contribution >= 4 is 29.4 Å². The predicted molar refractivity (Wildman–Crippen MR) is 75.6 cm³/mol. The van der Waals surface area contributed by atoms with Gasteiger partial charge in [-0.05, 0) is 25.7 Å². The molecule has 2 aliphatic rings. The lowest BCUT2D eigenvalue weighted by molar-refractivity contribution is -0.140. The van der Waals surface area contributed by atoms with Gasteiger partial charge in [0.05, 0.1) is 11.2 Å². The Balaban J connectivity index is 1.82. The first kappa shape index (κ1) is 14.1. The van der Waals surface area contributed by atoms with Crippen LogP contribution in [0.5, 0.6) is 0 Å². The third kappa shape index (κ3) is 2.65. The van der Waals surface area contributed by atoms with Crippen LogP contribution in [0.4, 0.5) is 5.95 Å². The molecule has 0 unspecified atom stereocenters. The number of carboxylic acid groups (broad SMARTS) is 1. The summed E-state index contributed by atoms with van der Waals surface area (Å²) in [5.74, 6) is -1.13. The Labute approximate surface area is 126 Å². The highest BCUT2D eigenvalue weighted by Crippen LogP contribution is 2.36. The largest absolute Gasteiger partial charge is 0.480 e. The molecule has 0 bridgehead atoms. The molecule has 112 valence electrons. The quantitative estimate of drug-likeness (QED) is 0.864. The van der Waals surface area contributed by atoms with Gasteiger partial charge in [0.1, 0.15) is 5.54 Å². The molecule has 2 heterocycles. The number of hydrogen-bond acceptors (Lipinski definition) is 5. The van der Waals surface area contributed by atoms with Crippen LogP contribution >= 0.6 is 11.6 Å². The highest BCUT2D eigenvalue weighted by molar-refractivity contribution is 6.33. The summed E-state index contributed by atoms with van der Waals surface area (Å²) < 4.78 is 0. The summed E-state index contributed by atoms with van der Waals surface area (Å²) in [6.07, 6.45) is 4.37. The summed E-state index contributed by atoms with van der Waals surface area (Å²) in [4.78, 5) is 33.7. The maximum Gasteiger partial charge on any atom is 0.329 e. The molecule has 0 aromatic carbocycles. The number of carboxylic acids is 1. The summed E-state index contributed by atoms with van der Waals surface area (Å²) in [5.41, 5.74) is -1.12. The molecule has 1 saturated heterocycles. The molecule has 0 spiro atoms. The van der Waals surface area contributed by atoms with Crippen molar-refractivity contribution in [1.82, 2.24) is 15.3 Å². The van der Waals surface area contributed by atoms with Crippen molar-refractivity contribution in [3.63, 3.8) is 0 Å². The smallest absolute Gasteiger partial charge is 0.329 e. The second-order valence-electron chi connectivity index (χ2n) is 5.40. The van der Waals surface area contributed by atoms with E-state index in [2.05, 4.69) is 15.3 Å². The summed E-state index contributed by atoms with van der Waals surface area (Å²) in [7, 11) is 0. The van der Waals surface area contributed by atoms with E-state index in [0.29, 0.717) is 18.8 Å². The minimum atomic E-state index is -1.15. The third-order valence-electron chi connectivity index (χ3n) is 3.85. The normalized spacial score (nSPS) is 19.4. The van der Waals surface area contributed by atoms with Crippen LogP contribution in [0.2, 0.25) is 5.02 Å². The van der Waals surface area contributed by atoms with Crippen LogP contribution < -0.4 is 10.2 Å². The molecule has 1 amide bonds. The number of nitrogens with zero attached hydrogens (tertiary/aromatic N) is 3. The first-order valence-electron chi connectivity index (χ1n) is 6.85. The molecule has 1 aromatic rings. The van der Waals surface area contributed by atoms with E-state index in [9.17, 15) is 9.59 Å². The van der Waals surface area contributed by atoms with Gasteiger partial charge >= 0.3 is 5.97 Å². The number of aliphatic carboxylic acids is 1. The van der Waals surface area contributed by atoms with Crippen molar-refractivity contribution in [3.05, 3.63) is 16.9 Å². The van der Waals surface area contributed by atoms with Crippen molar-refractivity contribution in [2.75, 3.05) is 18.0 Å². The summed E-state index contributed by atoms with van der Waals surface area (Å²) in [6, 6.07) is 0. The summed E-state index contributed by atoms with van der Waals surface area (Å²) in [5, 5.41) is 11.7. The Kier molecular flexibility index (Phi) is 3.44. The Morgan fingerprint density at radius 2 is 2.00 bits per heavy atom. The van der Waals surface area contributed by atoms with E-state index >= 15 is 0 Å². The number of hydrogen-bond donors (Lipinski definition) is 2. The number of anilines is 1. The third-order valence-corrected chi connectivity index (χ3v) is 4.12. The Hall–Kier alpha value is -1.89. The van der Waals surface area contributed by atoms with Crippen molar-refractivity contribution in [3.8, 4) is 0 Å². The molecular weight excluding hydrogens is 296 g/mol. The van der Waals surface area contributed by atoms with E-state index in [1.807, 2.05) is 4.90 Å². The van der Waals surface area contributed by atoms with Crippen LogP contribution in [0.3, 0.4) is 0 Å². The molecule has 3 rings (SSSR count). The van der Waals surface area contributed by atoms with Gasteiger partial charge in [-0.1, -0.05) is 11.6 Å². The SMILES string of the molecule is O=C(NC1(C(=O)O)CC1)c1nc(N2CCCC2)ncc1Cl. The molecule has 1 saturated carbocycles. The molecule has 0 radical (unpaired) electrons. The topological polar surface area (TPSA) is 95.4 Å². The van der Waals surface area contributed by atoms with Crippen molar-refractivity contribution < 1.29 is 14.7 Å². The van der Waals surface area contributed by atoms with Crippen LogP contribution in [-0.4, -0.2) is 45.6 Å². The predicted octanol–water partition coefficient (Wildman–Crippen LogP) is 1.08. The van der Waals surface area contributed by atoms with Gasteiger partial charge in [-0.15, -0.1) is 0 Å². The molecule has 1 aliphatic heterocycles. The van der Waals surface area contributed by atoms with Crippen LogP contribution in [0, 0.1) is 0 Å². The molecule has 2 N–H and O–H groups in total. The second-order valence-corrected chi connectivity index (χ2v) is 5.81. The van der Waals surface area contributed by atoms with Crippen LogP contribution in [-0.2, 0) is 4.79 Å². The van der Waals surface area contributed by atoms with E-state index in [1.54, 1.807) is 0 Å². The van der Waals surface area contributed by atoms with E-state index in [0.717, 1.165) is 25.9 Å². The van der Waals surface area contributed by atoms with Gasteiger partial charge in [0.2, 0.25) is 5.95 Å². The van der Waals surface area contributed by atoms with Gasteiger partial charge < -0.3 is 15.3 Å². The van der Waals surface area contributed by atoms with Crippen LogP contribution in [0.15, 0.2) is 6.20 Å². The maximum atomic E-state index is 12.2. The van der Waals surface area contributed by atoms with Crippen molar-refractivity contribution in [1.29, 1.82) is 0 Å². The first-order chi connectivity index (χ1) is 10.0. The standard InChI is InChI=1S/C13H15ClN4O3/c14-8-7-15-12(18-5-1-2-6-18)16-9(8)10(19)17-13(3-4-13)11(20)21/h7H,1-6H2,(H,17,19)(H,20,21). The average molecular weight is 311 g/mol. The first-order valence-corrected chi connectivity index (χ1v) is 7.23. The number of nitrogens with one attached hydrogen (secondary N) is 1. The zero-order chi connectivity index (χ0) is 15.0.